The molecule has 0 aliphatic rings. The summed E-state index contributed by atoms with van der Waals surface area (Å²) in [6.45, 7) is 0.284. The zero-order valence-corrected chi connectivity index (χ0v) is 11.9. The number of oxazole rings is 1. The predicted molar refractivity (Wildman–Crippen MR) is 86.0 cm³/mol. The standard InChI is InChI=1S/C15H11N7O/c1-2-5-22-14-11(13(16)18-7-19-14)12(21-22)8-3-4-10-9(6-8)20-15(17)23-10/h1,3-4,6-7H,5H2,(H2,17,20)(H2,16,18,19). The third kappa shape index (κ3) is 1.95. The quantitative estimate of drug-likeness (QED) is 0.537. The number of benzene rings is 1. The molecule has 23 heavy (non-hydrogen) atoms. The van der Waals surface area contributed by atoms with Crippen LogP contribution in [0.25, 0.3) is 33.4 Å². The number of rotatable bonds is 2. The zero-order chi connectivity index (χ0) is 16.0. The Kier molecular flexibility index (Phi) is 2.68. The molecule has 3 heterocycles. The summed E-state index contributed by atoms with van der Waals surface area (Å²) in [5.41, 5.74) is 14.8. The molecule has 0 saturated heterocycles. The van der Waals surface area contributed by atoms with Crippen molar-refractivity contribution < 1.29 is 4.42 Å². The molecule has 112 valence electrons. The van der Waals surface area contributed by atoms with Gasteiger partial charge in [-0.1, -0.05) is 5.92 Å². The van der Waals surface area contributed by atoms with Crippen LogP contribution in [-0.4, -0.2) is 24.7 Å². The molecule has 0 aliphatic heterocycles. The molecule has 0 atom stereocenters. The highest BCUT2D eigenvalue weighted by Crippen LogP contribution is 2.32. The molecule has 0 radical (unpaired) electrons. The Morgan fingerprint density at radius 1 is 1.26 bits per heavy atom. The molecule has 0 unspecified atom stereocenters. The van der Waals surface area contributed by atoms with E-state index in [0.717, 1.165) is 5.56 Å². The average Bonchev–Trinajstić information content (AvgIpc) is 3.08. The lowest BCUT2D eigenvalue weighted by molar-refractivity contribution is 0.626. The van der Waals surface area contributed by atoms with Gasteiger partial charge in [-0.3, -0.25) is 0 Å². The molecular formula is C15H11N7O. The van der Waals surface area contributed by atoms with Gasteiger partial charge in [-0.2, -0.15) is 10.1 Å². The molecule has 3 aromatic heterocycles. The van der Waals surface area contributed by atoms with E-state index in [1.54, 1.807) is 10.7 Å². The third-order valence-electron chi connectivity index (χ3n) is 3.48. The molecule has 0 saturated carbocycles. The monoisotopic (exact) mass is 305 g/mol. The first kappa shape index (κ1) is 13.1. The third-order valence-corrected chi connectivity index (χ3v) is 3.48. The van der Waals surface area contributed by atoms with E-state index < -0.39 is 0 Å². The Labute approximate surface area is 130 Å². The molecule has 8 nitrogen and oxygen atoms in total. The molecule has 4 N–H and O–H groups in total. The van der Waals surface area contributed by atoms with Crippen LogP contribution in [0.4, 0.5) is 11.8 Å². The number of fused-ring (bicyclic) bond motifs is 2. The topological polar surface area (TPSA) is 122 Å². The summed E-state index contributed by atoms with van der Waals surface area (Å²) in [6.07, 6.45) is 6.78. The van der Waals surface area contributed by atoms with E-state index in [2.05, 4.69) is 26.0 Å². The van der Waals surface area contributed by atoms with Crippen molar-refractivity contribution >= 4 is 34.0 Å². The predicted octanol–water partition coefficient (Wildman–Crippen LogP) is 1.43. The van der Waals surface area contributed by atoms with Gasteiger partial charge in [-0.15, -0.1) is 6.42 Å². The van der Waals surface area contributed by atoms with Crippen molar-refractivity contribution in [1.82, 2.24) is 24.7 Å². The van der Waals surface area contributed by atoms with Crippen LogP contribution in [0.15, 0.2) is 28.9 Å². The highest BCUT2D eigenvalue weighted by atomic mass is 16.4. The van der Waals surface area contributed by atoms with E-state index in [4.69, 9.17) is 22.3 Å². The fraction of sp³-hybridized carbons (Fsp3) is 0.0667. The van der Waals surface area contributed by atoms with Gasteiger partial charge in [0.15, 0.2) is 11.2 Å². The molecule has 0 bridgehead atoms. The van der Waals surface area contributed by atoms with Crippen molar-refractivity contribution in [3.63, 3.8) is 0 Å². The lowest BCUT2D eigenvalue weighted by Crippen LogP contribution is -1.99. The second-order valence-electron chi connectivity index (χ2n) is 4.90. The van der Waals surface area contributed by atoms with Crippen LogP contribution in [-0.2, 0) is 6.54 Å². The van der Waals surface area contributed by atoms with Crippen LogP contribution < -0.4 is 11.5 Å². The van der Waals surface area contributed by atoms with Crippen molar-refractivity contribution in [2.24, 2.45) is 0 Å². The fourth-order valence-electron chi connectivity index (χ4n) is 2.52. The number of hydrogen-bond donors (Lipinski definition) is 2. The van der Waals surface area contributed by atoms with E-state index in [1.165, 1.54) is 6.33 Å². The number of nitrogen functional groups attached to an aromatic ring is 2. The van der Waals surface area contributed by atoms with E-state index >= 15 is 0 Å². The van der Waals surface area contributed by atoms with Crippen molar-refractivity contribution in [3.05, 3.63) is 24.5 Å². The Bertz CT molecular complexity index is 1090. The lowest BCUT2D eigenvalue weighted by Gasteiger charge is -1.99. The minimum atomic E-state index is 0.114. The van der Waals surface area contributed by atoms with E-state index in [1.807, 2.05) is 12.1 Å². The molecule has 0 amide bonds. The van der Waals surface area contributed by atoms with Crippen LogP contribution in [0.5, 0.6) is 0 Å². The fourth-order valence-corrected chi connectivity index (χ4v) is 2.52. The Hall–Kier alpha value is -3.60. The summed E-state index contributed by atoms with van der Waals surface area (Å²) >= 11 is 0. The van der Waals surface area contributed by atoms with Crippen LogP contribution >= 0.6 is 0 Å². The summed E-state index contributed by atoms with van der Waals surface area (Å²) in [4.78, 5) is 12.4. The second-order valence-corrected chi connectivity index (χ2v) is 4.90. The molecular weight excluding hydrogens is 294 g/mol. The lowest BCUT2D eigenvalue weighted by atomic mass is 10.1. The Morgan fingerprint density at radius 2 is 2.13 bits per heavy atom. The number of anilines is 2. The SMILES string of the molecule is C#CCn1nc(-c2ccc3oc(N)nc3c2)c2c(N)ncnc21. The Balaban J connectivity index is 2.01. The van der Waals surface area contributed by atoms with Gasteiger partial charge in [0.05, 0.1) is 5.39 Å². The molecule has 0 aliphatic carbocycles. The van der Waals surface area contributed by atoms with Crippen LogP contribution in [0.2, 0.25) is 0 Å². The van der Waals surface area contributed by atoms with Crippen molar-refractivity contribution in [3.8, 4) is 23.6 Å². The molecule has 1 aromatic carbocycles. The maximum Gasteiger partial charge on any atom is 0.292 e. The van der Waals surface area contributed by atoms with E-state index in [-0.39, 0.29) is 12.6 Å². The highest BCUT2D eigenvalue weighted by molar-refractivity contribution is 5.99. The zero-order valence-electron chi connectivity index (χ0n) is 11.9. The Morgan fingerprint density at radius 3 is 2.96 bits per heavy atom. The van der Waals surface area contributed by atoms with Gasteiger partial charge in [0.2, 0.25) is 0 Å². The minimum Gasteiger partial charge on any atom is -0.424 e. The molecule has 0 fully saturated rings. The summed E-state index contributed by atoms with van der Waals surface area (Å²) in [6, 6.07) is 5.56. The second kappa shape index (κ2) is 4.71. The molecule has 0 spiro atoms. The van der Waals surface area contributed by atoms with Gasteiger partial charge in [-0.05, 0) is 18.2 Å². The average molecular weight is 305 g/mol. The summed E-state index contributed by atoms with van der Waals surface area (Å²) < 4.78 is 6.89. The number of nitrogens with two attached hydrogens (primary N) is 2. The summed E-state index contributed by atoms with van der Waals surface area (Å²) in [5, 5.41) is 5.18. The minimum absolute atomic E-state index is 0.114. The number of aromatic nitrogens is 5. The van der Waals surface area contributed by atoms with Gasteiger partial charge in [0.1, 0.15) is 29.9 Å². The van der Waals surface area contributed by atoms with E-state index in [0.29, 0.717) is 33.6 Å². The number of hydrogen-bond acceptors (Lipinski definition) is 7. The van der Waals surface area contributed by atoms with Crippen molar-refractivity contribution in [2.45, 2.75) is 6.54 Å². The van der Waals surface area contributed by atoms with Gasteiger partial charge in [0, 0.05) is 5.56 Å². The normalized spacial score (nSPS) is 11.1. The molecule has 4 rings (SSSR count). The van der Waals surface area contributed by atoms with E-state index in [9.17, 15) is 0 Å². The molecule has 4 aromatic rings. The van der Waals surface area contributed by atoms with Crippen LogP contribution in [0.3, 0.4) is 0 Å². The van der Waals surface area contributed by atoms with Gasteiger partial charge in [0.25, 0.3) is 6.01 Å². The number of terminal acetylenes is 1. The summed E-state index contributed by atoms with van der Waals surface area (Å²) in [7, 11) is 0. The van der Waals surface area contributed by atoms with Crippen molar-refractivity contribution in [1.29, 1.82) is 0 Å². The largest absolute Gasteiger partial charge is 0.424 e. The first-order valence-electron chi connectivity index (χ1n) is 6.74. The first-order chi connectivity index (χ1) is 11.2. The van der Waals surface area contributed by atoms with Crippen molar-refractivity contribution in [2.75, 3.05) is 11.5 Å². The van der Waals surface area contributed by atoms with Gasteiger partial charge >= 0.3 is 0 Å². The van der Waals surface area contributed by atoms with Crippen LogP contribution in [0.1, 0.15) is 0 Å². The maximum absolute atomic E-state index is 6.01. The summed E-state index contributed by atoms with van der Waals surface area (Å²) in [5.74, 6) is 2.89. The number of nitrogens with zero attached hydrogens (tertiary/aromatic N) is 5. The van der Waals surface area contributed by atoms with Crippen LogP contribution in [0, 0.1) is 12.3 Å². The first-order valence-corrected chi connectivity index (χ1v) is 6.74. The van der Waals surface area contributed by atoms with Gasteiger partial charge in [-0.25, -0.2) is 14.6 Å². The molecule has 8 heteroatoms. The maximum atomic E-state index is 6.01. The van der Waals surface area contributed by atoms with Gasteiger partial charge < -0.3 is 15.9 Å². The highest BCUT2D eigenvalue weighted by Gasteiger charge is 2.17. The smallest absolute Gasteiger partial charge is 0.292 e.